The van der Waals surface area contributed by atoms with Gasteiger partial charge in [0.2, 0.25) is 11.6 Å². The van der Waals surface area contributed by atoms with Gasteiger partial charge in [-0.2, -0.15) is 20.5 Å². The summed E-state index contributed by atoms with van der Waals surface area (Å²) in [5.41, 5.74) is 1.74. The number of nitrogens with zero attached hydrogens (tertiary/aromatic N) is 11. The van der Waals surface area contributed by atoms with Crippen molar-refractivity contribution in [1.82, 2.24) is 60.1 Å². The molecule has 0 saturated heterocycles. The normalized spacial score (nSPS) is 19.1. The van der Waals surface area contributed by atoms with Crippen LogP contribution in [-0.2, 0) is 5.66 Å². The lowest BCUT2D eigenvalue weighted by Gasteiger charge is -2.55. The summed E-state index contributed by atoms with van der Waals surface area (Å²) in [5, 5.41) is 28.1. The highest BCUT2D eigenvalue weighted by atomic mass is 32.1. The molecule has 1 aliphatic rings. The Hall–Kier alpha value is -5.55. The van der Waals surface area contributed by atoms with Crippen molar-refractivity contribution < 1.29 is 4.42 Å². The van der Waals surface area contributed by atoms with Crippen molar-refractivity contribution in [3.05, 3.63) is 113 Å². The fraction of sp³-hybridized carbons (Fsp3) is 0.0800. The quantitative estimate of drug-likeness (QED) is 0.245. The van der Waals surface area contributed by atoms with Crippen LogP contribution in [0.25, 0.3) is 11.3 Å². The third-order valence-corrected chi connectivity index (χ3v) is 8.15. The topological polar surface area (TPSA) is 183 Å². The number of oxazole rings is 1. The lowest BCUT2D eigenvalue weighted by molar-refractivity contribution is 0.379. The SMILES string of the molecule is c1ccc(C2(c3csnn3)N(c3ccn[nH]3)C(c3ncc[nH]3)=C(c3cn[nH]n3)C(c3ncco3)N2c2nccs2)nc1. The molecule has 0 bridgehead atoms. The molecule has 0 aromatic carbocycles. The molecule has 206 valence electrons. The van der Waals surface area contributed by atoms with Gasteiger partial charge in [-0.15, -0.1) is 16.4 Å². The van der Waals surface area contributed by atoms with E-state index in [1.165, 1.54) is 29.1 Å². The first-order chi connectivity index (χ1) is 20.9. The van der Waals surface area contributed by atoms with Crippen LogP contribution in [0.2, 0.25) is 0 Å². The highest BCUT2D eigenvalue weighted by Crippen LogP contribution is 2.58. The predicted molar refractivity (Wildman–Crippen MR) is 152 cm³/mol. The lowest BCUT2D eigenvalue weighted by Crippen LogP contribution is -2.64. The van der Waals surface area contributed by atoms with E-state index < -0.39 is 11.7 Å². The molecule has 2 unspecified atom stereocenters. The van der Waals surface area contributed by atoms with E-state index in [2.05, 4.69) is 50.1 Å². The molecule has 0 saturated carbocycles. The Morgan fingerprint density at radius 2 is 1.95 bits per heavy atom. The number of H-pyrrole nitrogens is 3. The molecule has 7 aromatic rings. The highest BCUT2D eigenvalue weighted by Gasteiger charge is 2.61. The highest BCUT2D eigenvalue weighted by molar-refractivity contribution is 7.13. The summed E-state index contributed by atoms with van der Waals surface area (Å²) in [6, 6.07) is 6.88. The zero-order valence-corrected chi connectivity index (χ0v) is 22.9. The minimum atomic E-state index is -1.33. The molecule has 7 aromatic heterocycles. The third-order valence-electron chi connectivity index (χ3n) is 6.87. The minimum absolute atomic E-state index is 0.389. The molecule has 0 amide bonds. The summed E-state index contributed by atoms with van der Waals surface area (Å²) in [6.45, 7) is 0. The van der Waals surface area contributed by atoms with Crippen LogP contribution < -0.4 is 9.80 Å². The van der Waals surface area contributed by atoms with Gasteiger partial charge in [-0.25, -0.2) is 15.0 Å². The minimum Gasteiger partial charge on any atom is -0.446 e. The number of anilines is 2. The Balaban J connectivity index is 1.62. The Bertz CT molecular complexity index is 1890. The van der Waals surface area contributed by atoms with Gasteiger partial charge in [-0.1, -0.05) is 10.6 Å². The van der Waals surface area contributed by atoms with Crippen LogP contribution in [0.3, 0.4) is 0 Å². The van der Waals surface area contributed by atoms with Crippen molar-refractivity contribution in [1.29, 1.82) is 0 Å². The van der Waals surface area contributed by atoms with E-state index in [1.54, 1.807) is 43.4 Å². The molecule has 1 aliphatic heterocycles. The summed E-state index contributed by atoms with van der Waals surface area (Å²) in [5.74, 6) is 1.55. The predicted octanol–water partition coefficient (Wildman–Crippen LogP) is 3.48. The van der Waals surface area contributed by atoms with Crippen molar-refractivity contribution in [2.45, 2.75) is 11.7 Å². The average Bonchev–Trinajstić information content (AvgIpc) is 3.89. The number of thiazole rings is 1. The molecule has 0 aliphatic carbocycles. The number of aromatic nitrogens is 12. The zero-order valence-electron chi connectivity index (χ0n) is 21.3. The monoisotopic (exact) mass is 594 g/mol. The Labute approximate surface area is 244 Å². The summed E-state index contributed by atoms with van der Waals surface area (Å²) in [4.78, 5) is 26.5. The van der Waals surface area contributed by atoms with Crippen LogP contribution in [0.5, 0.6) is 0 Å². The number of rotatable bonds is 7. The molecular formula is C25H18N14OS2. The van der Waals surface area contributed by atoms with Gasteiger partial charge in [0.25, 0.3) is 0 Å². The molecule has 3 N–H and O–H groups in total. The number of pyridine rings is 1. The van der Waals surface area contributed by atoms with Gasteiger partial charge in [0.15, 0.2) is 11.0 Å². The molecule has 0 radical (unpaired) electrons. The fourth-order valence-electron chi connectivity index (χ4n) is 5.40. The Morgan fingerprint density at radius 1 is 0.952 bits per heavy atom. The molecule has 8 heterocycles. The molecular weight excluding hydrogens is 577 g/mol. The van der Waals surface area contributed by atoms with Crippen molar-refractivity contribution in [2.75, 3.05) is 9.80 Å². The number of hydrogen-bond acceptors (Lipinski definition) is 14. The van der Waals surface area contributed by atoms with E-state index in [9.17, 15) is 0 Å². The van der Waals surface area contributed by atoms with E-state index in [-0.39, 0.29) is 0 Å². The van der Waals surface area contributed by atoms with E-state index in [0.29, 0.717) is 51.0 Å². The van der Waals surface area contributed by atoms with Crippen molar-refractivity contribution in [3.63, 3.8) is 0 Å². The standard InChI is InChI=1S/C25H18N14OS2/c1-2-5-26-16(3-1)25(17-14-42-37-34-17)38(18-4-6-31-35-18)20(22-27-7-8-28-22)19(15-13-32-36-33-15)21(23-29-9-11-40-23)39(25)24-30-10-12-41-24/h1-14,21H,(H,27,28)(H,31,35)(H,32,33,36). The van der Waals surface area contributed by atoms with Crippen LogP contribution in [0.1, 0.15) is 34.8 Å². The summed E-state index contributed by atoms with van der Waals surface area (Å²) in [7, 11) is 0. The average molecular weight is 595 g/mol. The van der Waals surface area contributed by atoms with Gasteiger partial charge >= 0.3 is 0 Å². The van der Waals surface area contributed by atoms with Crippen LogP contribution in [0.4, 0.5) is 10.9 Å². The molecule has 15 nitrogen and oxygen atoms in total. The molecule has 2 atom stereocenters. The summed E-state index contributed by atoms with van der Waals surface area (Å²) in [6.07, 6.45) is 13.4. The number of imidazole rings is 1. The summed E-state index contributed by atoms with van der Waals surface area (Å²) >= 11 is 2.68. The van der Waals surface area contributed by atoms with Gasteiger partial charge in [0, 0.05) is 47.2 Å². The first kappa shape index (κ1) is 24.3. The number of nitrogens with one attached hydrogen (secondary N) is 3. The van der Waals surface area contributed by atoms with Gasteiger partial charge in [0.05, 0.1) is 30.0 Å². The summed E-state index contributed by atoms with van der Waals surface area (Å²) < 4.78 is 10.4. The van der Waals surface area contributed by atoms with E-state index in [4.69, 9.17) is 19.4 Å². The second-order valence-electron chi connectivity index (χ2n) is 8.97. The van der Waals surface area contributed by atoms with Crippen LogP contribution in [-0.4, -0.2) is 60.1 Å². The zero-order chi connectivity index (χ0) is 27.9. The van der Waals surface area contributed by atoms with Gasteiger partial charge < -0.3 is 9.40 Å². The third kappa shape index (κ3) is 3.53. The Morgan fingerprint density at radius 3 is 2.62 bits per heavy atom. The van der Waals surface area contributed by atoms with Crippen molar-refractivity contribution in [2.24, 2.45) is 0 Å². The van der Waals surface area contributed by atoms with E-state index in [1.807, 2.05) is 39.9 Å². The van der Waals surface area contributed by atoms with Gasteiger partial charge in [0.1, 0.15) is 29.5 Å². The second kappa shape index (κ2) is 9.82. The van der Waals surface area contributed by atoms with Crippen LogP contribution in [0, 0.1) is 0 Å². The van der Waals surface area contributed by atoms with E-state index >= 15 is 0 Å². The smallest absolute Gasteiger partial charge is 0.221 e. The van der Waals surface area contributed by atoms with Crippen LogP contribution in [0.15, 0.2) is 89.1 Å². The van der Waals surface area contributed by atoms with Gasteiger partial charge in [-0.3, -0.25) is 19.9 Å². The number of hydrogen-bond donors (Lipinski definition) is 3. The first-order valence-electron chi connectivity index (χ1n) is 12.5. The van der Waals surface area contributed by atoms with Gasteiger partial charge in [-0.05, 0) is 23.7 Å². The molecule has 8 rings (SSSR count). The van der Waals surface area contributed by atoms with Crippen LogP contribution >= 0.6 is 22.9 Å². The molecule has 0 spiro atoms. The first-order valence-corrected chi connectivity index (χ1v) is 14.3. The largest absolute Gasteiger partial charge is 0.446 e. The maximum Gasteiger partial charge on any atom is 0.221 e. The fourth-order valence-corrected chi connectivity index (χ4v) is 6.61. The maximum absolute atomic E-state index is 6.08. The lowest BCUT2D eigenvalue weighted by atomic mass is 9.85. The molecule has 0 fully saturated rings. The number of aromatic amines is 3. The second-order valence-corrected chi connectivity index (χ2v) is 10.5. The Kier molecular flexibility index (Phi) is 5.67. The van der Waals surface area contributed by atoms with Crippen molar-refractivity contribution >= 4 is 45.1 Å². The molecule has 42 heavy (non-hydrogen) atoms. The van der Waals surface area contributed by atoms with Crippen molar-refractivity contribution in [3.8, 4) is 0 Å². The molecule has 17 heteroatoms. The van der Waals surface area contributed by atoms with E-state index in [0.717, 1.165) is 0 Å². The maximum atomic E-state index is 6.08.